The van der Waals surface area contributed by atoms with Crippen LogP contribution in [0, 0.1) is 6.92 Å². The van der Waals surface area contributed by atoms with Crippen molar-refractivity contribution in [1.82, 2.24) is 15.8 Å². The average Bonchev–Trinajstić information content (AvgIpc) is 3.07. The van der Waals surface area contributed by atoms with Gasteiger partial charge in [-0.3, -0.25) is 9.59 Å². The van der Waals surface area contributed by atoms with Gasteiger partial charge in [-0.1, -0.05) is 46.6 Å². The summed E-state index contributed by atoms with van der Waals surface area (Å²) in [5.74, 6) is -0.171. The van der Waals surface area contributed by atoms with Gasteiger partial charge >= 0.3 is 0 Å². The Bertz CT molecular complexity index is 1010. The molecular formula is C20H17Cl2N3O3. The van der Waals surface area contributed by atoms with Crippen LogP contribution in [0.3, 0.4) is 0 Å². The first-order valence-electron chi connectivity index (χ1n) is 8.42. The van der Waals surface area contributed by atoms with Crippen molar-refractivity contribution < 1.29 is 14.1 Å². The van der Waals surface area contributed by atoms with Gasteiger partial charge in [0.1, 0.15) is 17.0 Å². The molecule has 0 aliphatic carbocycles. The number of nitrogens with zero attached hydrogens (tertiary/aromatic N) is 1. The minimum atomic E-state index is -0.361. The summed E-state index contributed by atoms with van der Waals surface area (Å²) < 4.78 is 5.22. The van der Waals surface area contributed by atoms with Gasteiger partial charge in [-0.05, 0) is 36.8 Å². The van der Waals surface area contributed by atoms with Gasteiger partial charge in [0, 0.05) is 24.7 Å². The third-order valence-corrected chi connectivity index (χ3v) is 4.82. The van der Waals surface area contributed by atoms with Gasteiger partial charge in [-0.15, -0.1) is 0 Å². The van der Waals surface area contributed by atoms with Gasteiger partial charge in [0.05, 0.1) is 10.0 Å². The van der Waals surface area contributed by atoms with E-state index in [1.807, 2.05) is 0 Å². The van der Waals surface area contributed by atoms with E-state index in [1.54, 1.807) is 56.4 Å². The molecule has 3 rings (SSSR count). The van der Waals surface area contributed by atoms with Gasteiger partial charge in [-0.2, -0.15) is 0 Å². The van der Waals surface area contributed by atoms with Crippen molar-refractivity contribution in [2.24, 2.45) is 0 Å². The Labute approximate surface area is 171 Å². The molecule has 2 N–H and O–H groups in total. The molecule has 2 aromatic carbocycles. The fourth-order valence-electron chi connectivity index (χ4n) is 2.72. The van der Waals surface area contributed by atoms with Crippen LogP contribution in [0.5, 0.6) is 0 Å². The van der Waals surface area contributed by atoms with Crippen molar-refractivity contribution >= 4 is 35.0 Å². The Morgan fingerprint density at radius 3 is 2.29 bits per heavy atom. The fraction of sp³-hybridized carbons (Fsp3) is 0.150. The third-order valence-electron chi connectivity index (χ3n) is 4.19. The van der Waals surface area contributed by atoms with Crippen LogP contribution >= 0.6 is 23.2 Å². The van der Waals surface area contributed by atoms with E-state index in [0.29, 0.717) is 32.6 Å². The Morgan fingerprint density at radius 1 is 1.04 bits per heavy atom. The molecule has 0 aliphatic rings. The summed E-state index contributed by atoms with van der Waals surface area (Å²) in [5, 5.41) is 10.1. The molecule has 8 heteroatoms. The van der Waals surface area contributed by atoms with Crippen LogP contribution in [-0.4, -0.2) is 24.0 Å². The second kappa shape index (κ2) is 8.46. The quantitative estimate of drug-likeness (QED) is 0.649. The molecule has 0 radical (unpaired) electrons. The first kappa shape index (κ1) is 19.9. The number of carbonyl (C=O) groups is 2. The van der Waals surface area contributed by atoms with Crippen LogP contribution in [0.4, 0.5) is 0 Å². The summed E-state index contributed by atoms with van der Waals surface area (Å²) in [7, 11) is 1.57. The molecule has 2 amide bonds. The number of halogens is 2. The minimum absolute atomic E-state index is 0.169. The monoisotopic (exact) mass is 417 g/mol. The number of aromatic nitrogens is 1. The Balaban J connectivity index is 1.81. The lowest BCUT2D eigenvalue weighted by molar-refractivity contribution is 0.0945. The molecule has 0 bridgehead atoms. The molecule has 144 valence electrons. The Morgan fingerprint density at radius 2 is 1.68 bits per heavy atom. The largest absolute Gasteiger partial charge is 0.360 e. The number of aryl methyl sites for hydroxylation is 1. The lowest BCUT2D eigenvalue weighted by Crippen LogP contribution is -2.24. The normalized spacial score (nSPS) is 10.6. The van der Waals surface area contributed by atoms with E-state index in [2.05, 4.69) is 15.8 Å². The van der Waals surface area contributed by atoms with Gasteiger partial charge in [-0.25, -0.2) is 0 Å². The van der Waals surface area contributed by atoms with Crippen LogP contribution in [0.2, 0.25) is 10.0 Å². The highest BCUT2D eigenvalue weighted by molar-refractivity contribution is 6.39. The van der Waals surface area contributed by atoms with E-state index >= 15 is 0 Å². The van der Waals surface area contributed by atoms with Crippen LogP contribution in [0.25, 0.3) is 11.3 Å². The number of hydrogen-bond donors (Lipinski definition) is 2. The molecule has 0 aliphatic heterocycles. The van der Waals surface area contributed by atoms with Crippen molar-refractivity contribution in [3.8, 4) is 11.3 Å². The number of nitrogens with one attached hydrogen (secondary N) is 2. The fourth-order valence-corrected chi connectivity index (χ4v) is 3.30. The summed E-state index contributed by atoms with van der Waals surface area (Å²) in [6.45, 7) is 1.92. The van der Waals surface area contributed by atoms with Gasteiger partial charge < -0.3 is 15.2 Å². The molecule has 0 fully saturated rings. The van der Waals surface area contributed by atoms with E-state index in [9.17, 15) is 9.59 Å². The van der Waals surface area contributed by atoms with Crippen LogP contribution in [0.15, 0.2) is 47.0 Å². The first-order chi connectivity index (χ1) is 13.4. The van der Waals surface area contributed by atoms with E-state index in [1.165, 1.54) is 0 Å². The average molecular weight is 418 g/mol. The molecule has 1 aromatic heterocycles. The minimum Gasteiger partial charge on any atom is -0.360 e. The molecular weight excluding hydrogens is 401 g/mol. The summed E-state index contributed by atoms with van der Waals surface area (Å²) >= 11 is 12.5. The Kier molecular flexibility index (Phi) is 6.02. The standard InChI is InChI=1S/C20H17Cl2N3O3/c1-11-16(18(25-28-11)17-14(21)4-3-5-15(17)22)20(27)24-10-12-6-8-13(9-7-12)19(26)23-2/h3-9H,10H2,1-2H3,(H,23,26)(H,24,27). The molecule has 3 aromatic rings. The lowest BCUT2D eigenvalue weighted by Gasteiger charge is -2.08. The molecule has 28 heavy (non-hydrogen) atoms. The zero-order valence-corrected chi connectivity index (χ0v) is 16.7. The van der Waals surface area contributed by atoms with Crippen LogP contribution < -0.4 is 10.6 Å². The zero-order valence-electron chi connectivity index (χ0n) is 15.2. The van der Waals surface area contributed by atoms with E-state index in [4.69, 9.17) is 27.7 Å². The number of hydrogen-bond acceptors (Lipinski definition) is 4. The number of benzene rings is 2. The molecule has 1 heterocycles. The smallest absolute Gasteiger partial charge is 0.257 e. The molecule has 0 saturated heterocycles. The van der Waals surface area contributed by atoms with Gasteiger partial charge in [0.2, 0.25) is 0 Å². The maximum atomic E-state index is 12.8. The van der Waals surface area contributed by atoms with Gasteiger partial charge in [0.25, 0.3) is 11.8 Å². The topological polar surface area (TPSA) is 84.2 Å². The zero-order chi connectivity index (χ0) is 20.3. The summed E-state index contributed by atoms with van der Waals surface area (Å²) in [5.41, 5.74) is 2.40. The third kappa shape index (κ3) is 4.03. The molecule has 0 spiro atoms. The maximum Gasteiger partial charge on any atom is 0.257 e. The van der Waals surface area contributed by atoms with Crippen molar-refractivity contribution in [1.29, 1.82) is 0 Å². The summed E-state index contributed by atoms with van der Waals surface area (Å²) in [6, 6.07) is 12.0. The predicted molar refractivity (Wildman–Crippen MR) is 108 cm³/mol. The number of amides is 2. The first-order valence-corrected chi connectivity index (χ1v) is 9.17. The highest BCUT2D eigenvalue weighted by Crippen LogP contribution is 2.36. The van der Waals surface area contributed by atoms with E-state index < -0.39 is 0 Å². The second-order valence-electron chi connectivity index (χ2n) is 6.02. The van der Waals surface area contributed by atoms with Crippen LogP contribution in [0.1, 0.15) is 32.0 Å². The van der Waals surface area contributed by atoms with Crippen molar-refractivity contribution in [3.63, 3.8) is 0 Å². The van der Waals surface area contributed by atoms with Gasteiger partial charge in [0.15, 0.2) is 0 Å². The second-order valence-corrected chi connectivity index (χ2v) is 6.83. The summed E-state index contributed by atoms with van der Waals surface area (Å²) in [6.07, 6.45) is 0. The molecule has 6 nitrogen and oxygen atoms in total. The maximum absolute atomic E-state index is 12.8. The highest BCUT2D eigenvalue weighted by atomic mass is 35.5. The SMILES string of the molecule is CNC(=O)c1ccc(CNC(=O)c2c(-c3c(Cl)cccc3Cl)noc2C)cc1. The molecule has 0 saturated carbocycles. The van der Waals surface area contributed by atoms with E-state index in [-0.39, 0.29) is 23.9 Å². The van der Waals surface area contributed by atoms with E-state index in [0.717, 1.165) is 5.56 Å². The summed E-state index contributed by atoms with van der Waals surface area (Å²) in [4.78, 5) is 24.4. The predicted octanol–water partition coefficient (Wildman–Crippen LogP) is 4.25. The van der Waals surface area contributed by atoms with Crippen LogP contribution in [-0.2, 0) is 6.54 Å². The number of carbonyl (C=O) groups excluding carboxylic acids is 2. The van der Waals surface area contributed by atoms with Crippen molar-refractivity contribution in [2.45, 2.75) is 13.5 Å². The lowest BCUT2D eigenvalue weighted by atomic mass is 10.1. The highest BCUT2D eigenvalue weighted by Gasteiger charge is 2.24. The van der Waals surface area contributed by atoms with Crippen molar-refractivity contribution in [3.05, 3.63) is 75.0 Å². The Hall–Kier alpha value is -2.83. The molecule has 0 atom stereocenters. The molecule has 0 unspecified atom stereocenters. The van der Waals surface area contributed by atoms with Crippen molar-refractivity contribution in [2.75, 3.05) is 7.05 Å². The number of rotatable bonds is 5.